The second-order valence-corrected chi connectivity index (χ2v) is 9.86. The van der Waals surface area contributed by atoms with Crippen molar-refractivity contribution in [2.24, 2.45) is 0 Å². The number of hydrogen-bond acceptors (Lipinski definition) is 6. The van der Waals surface area contributed by atoms with Crippen LogP contribution in [-0.2, 0) is 11.2 Å². The van der Waals surface area contributed by atoms with Gasteiger partial charge in [-0.15, -0.1) is 0 Å². The third kappa shape index (κ3) is 12.3. The summed E-state index contributed by atoms with van der Waals surface area (Å²) in [6.45, 7) is 4.52. The van der Waals surface area contributed by atoms with Gasteiger partial charge in [-0.05, 0) is 81.7 Å². The Balaban J connectivity index is 1.42. The first kappa shape index (κ1) is 29.7. The number of halogens is 2. The first-order chi connectivity index (χ1) is 16.9. The molecule has 4 N–H and O–H groups in total. The van der Waals surface area contributed by atoms with Crippen molar-refractivity contribution in [1.82, 2.24) is 10.2 Å². The summed E-state index contributed by atoms with van der Waals surface area (Å²) in [5, 5.41) is 14.3. The van der Waals surface area contributed by atoms with Crippen LogP contribution in [0.4, 0.5) is 5.69 Å². The number of nitrogen functional groups attached to an aromatic ring is 1. The minimum absolute atomic E-state index is 0.341. The number of benzene rings is 2. The third-order valence-corrected chi connectivity index (χ3v) is 6.33. The third-order valence-electron chi connectivity index (χ3n) is 5.70. The van der Waals surface area contributed by atoms with Gasteiger partial charge in [0, 0.05) is 26.3 Å². The molecule has 196 valence electrons. The SMILES string of the molecule is CN(C)CCOc1ccc(CCCOCCCCCCNCC(O)c2cc(Cl)c(N)c(Cl)c2)cc1. The Morgan fingerprint density at radius 2 is 1.60 bits per heavy atom. The van der Waals surface area contributed by atoms with Gasteiger partial charge in [0.2, 0.25) is 0 Å². The maximum atomic E-state index is 10.3. The van der Waals surface area contributed by atoms with Crippen LogP contribution in [0.1, 0.15) is 49.3 Å². The second kappa shape index (κ2) is 17.0. The van der Waals surface area contributed by atoms with E-state index < -0.39 is 6.10 Å². The van der Waals surface area contributed by atoms with Crippen molar-refractivity contribution < 1.29 is 14.6 Å². The molecule has 1 unspecified atom stereocenters. The molecule has 0 amide bonds. The van der Waals surface area contributed by atoms with E-state index in [1.165, 1.54) is 5.56 Å². The normalized spacial score (nSPS) is 12.3. The van der Waals surface area contributed by atoms with Crippen LogP contribution in [0.3, 0.4) is 0 Å². The maximum Gasteiger partial charge on any atom is 0.119 e. The summed E-state index contributed by atoms with van der Waals surface area (Å²) in [4.78, 5) is 2.11. The molecular formula is C27H41Cl2N3O3. The highest BCUT2D eigenvalue weighted by Gasteiger charge is 2.11. The lowest BCUT2D eigenvalue weighted by Crippen LogP contribution is -2.22. The van der Waals surface area contributed by atoms with Gasteiger partial charge in [0.25, 0.3) is 0 Å². The topological polar surface area (TPSA) is 80.0 Å². The Hall–Kier alpha value is -1.54. The number of hydrogen-bond donors (Lipinski definition) is 3. The molecule has 0 aliphatic carbocycles. The molecule has 0 heterocycles. The molecule has 0 bridgehead atoms. The first-order valence-corrected chi connectivity index (χ1v) is 13.2. The summed E-state index contributed by atoms with van der Waals surface area (Å²) in [6.07, 6.45) is 5.78. The van der Waals surface area contributed by atoms with Crippen molar-refractivity contribution in [3.63, 3.8) is 0 Å². The van der Waals surface area contributed by atoms with Gasteiger partial charge in [-0.2, -0.15) is 0 Å². The molecule has 0 aliphatic heterocycles. The minimum Gasteiger partial charge on any atom is -0.492 e. The number of unbranched alkanes of at least 4 members (excludes halogenated alkanes) is 3. The number of nitrogens with one attached hydrogen (secondary N) is 1. The van der Waals surface area contributed by atoms with Crippen molar-refractivity contribution in [1.29, 1.82) is 0 Å². The molecule has 2 rings (SSSR count). The highest BCUT2D eigenvalue weighted by atomic mass is 35.5. The van der Waals surface area contributed by atoms with Gasteiger partial charge >= 0.3 is 0 Å². The summed E-state index contributed by atoms with van der Waals surface area (Å²) < 4.78 is 11.5. The van der Waals surface area contributed by atoms with Crippen molar-refractivity contribution in [2.75, 3.05) is 59.3 Å². The van der Waals surface area contributed by atoms with Gasteiger partial charge in [0.15, 0.2) is 0 Å². The predicted molar refractivity (Wildman–Crippen MR) is 147 cm³/mol. The molecule has 0 saturated heterocycles. The minimum atomic E-state index is -0.668. The molecule has 0 saturated carbocycles. The fraction of sp³-hybridized carbons (Fsp3) is 0.556. The molecule has 35 heavy (non-hydrogen) atoms. The van der Waals surface area contributed by atoms with Crippen molar-refractivity contribution in [2.45, 2.75) is 44.6 Å². The van der Waals surface area contributed by atoms with Gasteiger partial charge in [-0.1, -0.05) is 48.2 Å². The molecule has 0 aliphatic rings. The number of ether oxygens (including phenoxy) is 2. The van der Waals surface area contributed by atoms with Crippen LogP contribution < -0.4 is 15.8 Å². The molecule has 0 aromatic heterocycles. The van der Waals surface area contributed by atoms with Gasteiger partial charge < -0.3 is 30.5 Å². The van der Waals surface area contributed by atoms with E-state index in [-0.39, 0.29) is 0 Å². The van der Waals surface area contributed by atoms with E-state index in [2.05, 4.69) is 22.3 Å². The number of nitrogens with zero attached hydrogens (tertiary/aromatic N) is 1. The molecule has 1 atom stereocenters. The van der Waals surface area contributed by atoms with E-state index in [4.69, 9.17) is 38.4 Å². The van der Waals surface area contributed by atoms with Crippen LogP contribution in [0.15, 0.2) is 36.4 Å². The predicted octanol–water partition coefficient (Wildman–Crippen LogP) is 5.35. The van der Waals surface area contributed by atoms with Crippen LogP contribution >= 0.6 is 23.2 Å². The Labute approximate surface area is 220 Å². The van der Waals surface area contributed by atoms with Crippen LogP contribution in [-0.4, -0.2) is 63.6 Å². The molecule has 6 nitrogen and oxygen atoms in total. The number of anilines is 1. The zero-order valence-corrected chi connectivity index (χ0v) is 22.6. The average Bonchev–Trinajstić information content (AvgIpc) is 2.83. The van der Waals surface area contributed by atoms with Gasteiger partial charge in [0.1, 0.15) is 12.4 Å². The molecule has 0 spiro atoms. The molecule has 2 aromatic carbocycles. The average molecular weight is 527 g/mol. The van der Waals surface area contributed by atoms with E-state index in [9.17, 15) is 5.11 Å². The summed E-state index contributed by atoms with van der Waals surface area (Å²) in [5.41, 5.74) is 8.06. The van der Waals surface area contributed by atoms with Gasteiger partial charge in [-0.3, -0.25) is 0 Å². The molecule has 0 radical (unpaired) electrons. The largest absolute Gasteiger partial charge is 0.492 e. The molecule has 0 fully saturated rings. The van der Waals surface area contributed by atoms with E-state index in [0.29, 0.717) is 34.4 Å². The van der Waals surface area contributed by atoms with E-state index >= 15 is 0 Å². The van der Waals surface area contributed by atoms with Crippen LogP contribution in [0, 0.1) is 0 Å². The Morgan fingerprint density at radius 3 is 2.29 bits per heavy atom. The molecule has 8 heteroatoms. The summed E-state index contributed by atoms with van der Waals surface area (Å²) in [5.74, 6) is 0.926. The van der Waals surface area contributed by atoms with E-state index in [1.807, 2.05) is 26.2 Å². The Morgan fingerprint density at radius 1 is 0.943 bits per heavy atom. The van der Waals surface area contributed by atoms with E-state index in [0.717, 1.165) is 70.6 Å². The smallest absolute Gasteiger partial charge is 0.119 e. The summed E-state index contributed by atoms with van der Waals surface area (Å²) in [6, 6.07) is 11.7. The highest BCUT2D eigenvalue weighted by Crippen LogP contribution is 2.31. The maximum absolute atomic E-state index is 10.3. The van der Waals surface area contributed by atoms with Crippen molar-refractivity contribution in [3.05, 3.63) is 57.6 Å². The number of aliphatic hydroxyl groups excluding tert-OH is 1. The zero-order chi connectivity index (χ0) is 25.5. The standard InChI is InChI=1S/C27H41Cl2N3O3/c1-32(2)14-17-35-23-11-9-21(10-12-23)8-7-16-34-15-6-4-3-5-13-31-20-26(33)22-18-24(28)27(30)25(29)19-22/h9-12,18-19,26,31,33H,3-8,13-17,20,30H2,1-2H3. The number of aliphatic hydroxyl groups is 1. The summed E-state index contributed by atoms with van der Waals surface area (Å²) >= 11 is 12.1. The zero-order valence-electron chi connectivity index (χ0n) is 21.1. The number of rotatable bonds is 18. The monoisotopic (exact) mass is 525 g/mol. The lowest BCUT2D eigenvalue weighted by atomic mass is 10.1. The fourth-order valence-corrected chi connectivity index (χ4v) is 4.04. The van der Waals surface area contributed by atoms with Crippen LogP contribution in [0.25, 0.3) is 0 Å². The highest BCUT2D eigenvalue weighted by molar-refractivity contribution is 6.38. The van der Waals surface area contributed by atoms with E-state index in [1.54, 1.807) is 12.1 Å². The Kier molecular flexibility index (Phi) is 14.4. The first-order valence-electron chi connectivity index (χ1n) is 12.4. The van der Waals surface area contributed by atoms with Crippen molar-refractivity contribution in [3.8, 4) is 5.75 Å². The van der Waals surface area contributed by atoms with Gasteiger partial charge in [-0.25, -0.2) is 0 Å². The lowest BCUT2D eigenvalue weighted by molar-refractivity contribution is 0.127. The molecular weight excluding hydrogens is 485 g/mol. The van der Waals surface area contributed by atoms with Crippen LogP contribution in [0.2, 0.25) is 10.0 Å². The molecule has 2 aromatic rings. The van der Waals surface area contributed by atoms with Crippen molar-refractivity contribution >= 4 is 28.9 Å². The summed E-state index contributed by atoms with van der Waals surface area (Å²) in [7, 11) is 4.08. The second-order valence-electron chi connectivity index (χ2n) is 9.04. The van der Waals surface area contributed by atoms with Gasteiger partial charge in [0.05, 0.1) is 21.8 Å². The van der Waals surface area contributed by atoms with Crippen LogP contribution in [0.5, 0.6) is 5.75 Å². The lowest BCUT2D eigenvalue weighted by Gasteiger charge is -2.14. The fourth-order valence-electron chi connectivity index (χ4n) is 3.54. The Bertz CT molecular complexity index is 827. The quantitative estimate of drug-likeness (QED) is 0.180. The number of aryl methyl sites for hydroxylation is 1. The number of likely N-dealkylation sites (N-methyl/N-ethyl adjacent to an activating group) is 1. The number of nitrogens with two attached hydrogens (primary N) is 1.